The third-order valence-electron chi connectivity index (χ3n) is 4.33. The molecule has 0 radical (unpaired) electrons. The maximum Gasteiger partial charge on any atom is 0.122 e. The Kier molecular flexibility index (Phi) is 9.05. The minimum Gasteiger partial charge on any atom is -0.494 e. The molecule has 0 atom stereocenters. The fourth-order valence-electron chi connectivity index (χ4n) is 2.80. The average molecular weight is 356 g/mol. The van der Waals surface area contributed by atoms with E-state index in [-0.39, 0.29) is 0 Å². The van der Waals surface area contributed by atoms with Gasteiger partial charge in [-0.1, -0.05) is 43.7 Å². The van der Waals surface area contributed by atoms with E-state index in [9.17, 15) is 0 Å². The normalized spacial score (nSPS) is 10.9. The summed E-state index contributed by atoms with van der Waals surface area (Å²) >= 11 is 0. The third kappa shape index (κ3) is 7.49. The van der Waals surface area contributed by atoms with Crippen molar-refractivity contribution < 1.29 is 9.47 Å². The van der Waals surface area contributed by atoms with E-state index in [2.05, 4.69) is 68.4 Å². The molecule has 0 saturated heterocycles. The zero-order valence-electron chi connectivity index (χ0n) is 16.5. The van der Waals surface area contributed by atoms with Gasteiger partial charge in [-0.25, -0.2) is 0 Å². The molecule has 0 bridgehead atoms. The molecule has 3 heteroatoms. The summed E-state index contributed by atoms with van der Waals surface area (Å²) in [6, 6.07) is 16.9. The molecule has 0 N–H and O–H groups in total. The Balaban J connectivity index is 2.01. The van der Waals surface area contributed by atoms with Gasteiger partial charge in [-0.15, -0.1) is 0 Å². The maximum absolute atomic E-state index is 6.07. The smallest absolute Gasteiger partial charge is 0.122 e. The van der Waals surface area contributed by atoms with E-state index < -0.39 is 0 Å². The molecule has 3 nitrogen and oxygen atoms in total. The van der Waals surface area contributed by atoms with Crippen LogP contribution in [0.5, 0.6) is 11.5 Å². The first-order valence-electron chi connectivity index (χ1n) is 9.76. The second-order valence-corrected chi connectivity index (χ2v) is 6.96. The predicted octanol–water partition coefficient (Wildman–Crippen LogP) is 4.98. The Labute approximate surface area is 158 Å². The molecule has 2 aromatic carbocycles. The molecule has 142 valence electrons. The monoisotopic (exact) mass is 355 g/mol. The van der Waals surface area contributed by atoms with Crippen LogP contribution in [0.3, 0.4) is 0 Å². The topological polar surface area (TPSA) is 21.7 Å². The first-order valence-corrected chi connectivity index (χ1v) is 9.76. The summed E-state index contributed by atoms with van der Waals surface area (Å²) in [4.78, 5) is 2.18. The summed E-state index contributed by atoms with van der Waals surface area (Å²) < 4.78 is 12.0. The lowest BCUT2D eigenvalue weighted by Gasteiger charge is -2.15. The van der Waals surface area contributed by atoms with Gasteiger partial charge in [0, 0.05) is 6.54 Å². The van der Waals surface area contributed by atoms with Gasteiger partial charge in [-0.2, -0.15) is 0 Å². The van der Waals surface area contributed by atoms with Crippen molar-refractivity contribution in [3.63, 3.8) is 0 Å². The van der Waals surface area contributed by atoms with Gasteiger partial charge in [0.15, 0.2) is 0 Å². The second kappa shape index (κ2) is 11.6. The molecule has 2 rings (SSSR count). The number of rotatable bonds is 12. The van der Waals surface area contributed by atoms with Crippen molar-refractivity contribution in [3.05, 3.63) is 59.7 Å². The van der Waals surface area contributed by atoms with Gasteiger partial charge in [0.05, 0.1) is 13.2 Å². The van der Waals surface area contributed by atoms with Gasteiger partial charge in [-0.3, -0.25) is 0 Å². The summed E-state index contributed by atoms with van der Waals surface area (Å²) in [5, 5.41) is 0. The first-order chi connectivity index (χ1) is 12.7. The number of benzene rings is 2. The van der Waals surface area contributed by atoms with Crippen LogP contribution in [0.2, 0.25) is 0 Å². The van der Waals surface area contributed by atoms with Gasteiger partial charge in [-0.05, 0) is 69.1 Å². The van der Waals surface area contributed by atoms with Gasteiger partial charge in [0.2, 0.25) is 0 Å². The van der Waals surface area contributed by atoms with Gasteiger partial charge < -0.3 is 14.4 Å². The molecular weight excluding hydrogens is 322 g/mol. The van der Waals surface area contributed by atoms with E-state index in [1.54, 1.807) is 0 Å². The van der Waals surface area contributed by atoms with Gasteiger partial charge in [0.25, 0.3) is 0 Å². The molecule has 26 heavy (non-hydrogen) atoms. The second-order valence-electron chi connectivity index (χ2n) is 6.96. The molecule has 0 amide bonds. The van der Waals surface area contributed by atoms with E-state index in [4.69, 9.17) is 9.47 Å². The quantitative estimate of drug-likeness (QED) is 0.501. The van der Waals surface area contributed by atoms with E-state index in [1.165, 1.54) is 11.1 Å². The van der Waals surface area contributed by atoms with Crippen molar-refractivity contribution in [2.75, 3.05) is 33.9 Å². The molecule has 0 heterocycles. The SMILES string of the molecule is CCCCOc1ccc(OCCCN(C)C)c(CCc2ccccc2)c1. The molecule has 0 aliphatic carbocycles. The summed E-state index contributed by atoms with van der Waals surface area (Å²) in [5.41, 5.74) is 2.58. The Bertz CT molecular complexity index is 625. The van der Waals surface area contributed by atoms with Crippen LogP contribution in [0.15, 0.2) is 48.5 Å². The highest BCUT2D eigenvalue weighted by Gasteiger charge is 2.07. The maximum atomic E-state index is 6.07. The lowest BCUT2D eigenvalue weighted by Crippen LogP contribution is -2.15. The minimum absolute atomic E-state index is 0.743. The van der Waals surface area contributed by atoms with Gasteiger partial charge >= 0.3 is 0 Å². The molecule has 0 saturated carbocycles. The summed E-state index contributed by atoms with van der Waals surface area (Å²) in [6.45, 7) is 4.74. The number of nitrogens with zero attached hydrogens (tertiary/aromatic N) is 1. The highest BCUT2D eigenvalue weighted by molar-refractivity contribution is 5.41. The van der Waals surface area contributed by atoms with Crippen molar-refractivity contribution in [3.8, 4) is 11.5 Å². The highest BCUT2D eigenvalue weighted by Crippen LogP contribution is 2.26. The van der Waals surface area contributed by atoms with Crippen molar-refractivity contribution in [2.45, 2.75) is 39.0 Å². The fourth-order valence-corrected chi connectivity index (χ4v) is 2.80. The zero-order valence-corrected chi connectivity index (χ0v) is 16.5. The zero-order chi connectivity index (χ0) is 18.6. The van der Waals surface area contributed by atoms with E-state index in [0.29, 0.717) is 0 Å². The van der Waals surface area contributed by atoms with Gasteiger partial charge in [0.1, 0.15) is 11.5 Å². The summed E-state index contributed by atoms with van der Waals surface area (Å²) in [5.74, 6) is 1.93. The van der Waals surface area contributed by atoms with Crippen LogP contribution in [0, 0.1) is 0 Å². The Hall–Kier alpha value is -2.00. The Morgan fingerprint density at radius 3 is 2.35 bits per heavy atom. The van der Waals surface area contributed by atoms with Crippen LogP contribution in [0.1, 0.15) is 37.3 Å². The molecule has 0 aliphatic heterocycles. The molecule has 0 fully saturated rings. The molecule has 0 spiro atoms. The first kappa shape index (κ1) is 20.3. The van der Waals surface area contributed by atoms with E-state index in [0.717, 1.165) is 63.4 Å². The number of aryl methyl sites for hydroxylation is 2. The summed E-state index contributed by atoms with van der Waals surface area (Å²) in [7, 11) is 4.18. The lowest BCUT2D eigenvalue weighted by molar-refractivity contribution is 0.277. The molecule has 0 aromatic heterocycles. The summed E-state index contributed by atoms with van der Waals surface area (Å²) in [6.07, 6.45) is 5.22. The number of unbranched alkanes of at least 4 members (excludes halogenated alkanes) is 1. The van der Waals surface area contributed by atoms with Crippen LogP contribution in [0.25, 0.3) is 0 Å². The third-order valence-corrected chi connectivity index (χ3v) is 4.33. The number of hydrogen-bond donors (Lipinski definition) is 0. The van der Waals surface area contributed by atoms with Crippen molar-refractivity contribution in [1.82, 2.24) is 4.90 Å². The van der Waals surface area contributed by atoms with Crippen LogP contribution in [-0.2, 0) is 12.8 Å². The van der Waals surface area contributed by atoms with E-state index >= 15 is 0 Å². The number of hydrogen-bond acceptors (Lipinski definition) is 3. The standard InChI is InChI=1S/C23H33NO2/c1-4-5-17-25-22-14-15-23(26-18-9-16-24(2)3)21(19-22)13-12-20-10-7-6-8-11-20/h6-8,10-11,14-15,19H,4-5,9,12-13,16-18H2,1-3H3. The van der Waals surface area contributed by atoms with Crippen molar-refractivity contribution in [1.29, 1.82) is 0 Å². The Morgan fingerprint density at radius 1 is 0.846 bits per heavy atom. The van der Waals surface area contributed by atoms with Crippen LogP contribution >= 0.6 is 0 Å². The lowest BCUT2D eigenvalue weighted by atomic mass is 10.0. The highest BCUT2D eigenvalue weighted by atomic mass is 16.5. The fraction of sp³-hybridized carbons (Fsp3) is 0.478. The van der Waals surface area contributed by atoms with Crippen LogP contribution < -0.4 is 9.47 Å². The molecular formula is C23H33NO2. The minimum atomic E-state index is 0.743. The largest absolute Gasteiger partial charge is 0.494 e. The average Bonchev–Trinajstić information content (AvgIpc) is 2.65. The van der Waals surface area contributed by atoms with Crippen molar-refractivity contribution >= 4 is 0 Å². The predicted molar refractivity (Wildman–Crippen MR) is 109 cm³/mol. The Morgan fingerprint density at radius 2 is 1.62 bits per heavy atom. The molecule has 2 aromatic rings. The molecule has 0 unspecified atom stereocenters. The number of ether oxygens (including phenoxy) is 2. The molecule has 0 aliphatic rings. The van der Waals surface area contributed by atoms with E-state index in [1.807, 2.05) is 6.07 Å². The van der Waals surface area contributed by atoms with Crippen molar-refractivity contribution in [2.24, 2.45) is 0 Å². The van der Waals surface area contributed by atoms with Crippen LogP contribution in [-0.4, -0.2) is 38.8 Å². The van der Waals surface area contributed by atoms with Crippen LogP contribution in [0.4, 0.5) is 0 Å².